The van der Waals surface area contributed by atoms with Gasteiger partial charge in [-0.2, -0.15) is 0 Å². The summed E-state index contributed by atoms with van der Waals surface area (Å²) in [5, 5.41) is 2.10. The SMILES string of the molecule is C[C@@H]1Cc2ccccc2N1C(=O)C[NH2+]C[C@@H](c1ccc(F)cc1)[NH+]1CCOCC1. The molecule has 0 aromatic heterocycles. The van der Waals surface area contributed by atoms with Gasteiger partial charge in [0.2, 0.25) is 0 Å². The Bertz CT molecular complexity index is 836. The first-order valence-corrected chi connectivity index (χ1v) is 10.5. The number of para-hydroxylation sites is 1. The average Bonchev–Trinajstić information content (AvgIpc) is 3.08. The molecule has 0 spiro atoms. The van der Waals surface area contributed by atoms with Crippen LogP contribution in [-0.2, 0) is 16.0 Å². The molecule has 154 valence electrons. The number of morpholine rings is 1. The Kier molecular flexibility index (Phi) is 6.23. The van der Waals surface area contributed by atoms with Crippen molar-refractivity contribution in [2.24, 2.45) is 0 Å². The number of nitrogens with zero attached hydrogens (tertiary/aromatic N) is 1. The van der Waals surface area contributed by atoms with E-state index in [1.165, 1.54) is 22.6 Å². The van der Waals surface area contributed by atoms with Crippen LogP contribution in [0.2, 0.25) is 0 Å². The number of carbonyl (C=O) groups excluding carboxylic acids is 1. The Hall–Kier alpha value is -2.28. The van der Waals surface area contributed by atoms with Crippen molar-refractivity contribution >= 4 is 11.6 Å². The summed E-state index contributed by atoms with van der Waals surface area (Å²) in [5.41, 5.74) is 3.41. The predicted octanol–water partition coefficient (Wildman–Crippen LogP) is 0.323. The van der Waals surface area contributed by atoms with E-state index in [0.717, 1.165) is 50.5 Å². The number of hydrogen-bond acceptors (Lipinski definition) is 2. The molecule has 0 bridgehead atoms. The summed E-state index contributed by atoms with van der Waals surface area (Å²) < 4.78 is 18.9. The van der Waals surface area contributed by atoms with Crippen molar-refractivity contribution in [1.82, 2.24) is 0 Å². The fourth-order valence-electron chi connectivity index (χ4n) is 4.63. The largest absolute Gasteiger partial charge is 0.370 e. The topological polar surface area (TPSA) is 50.6 Å². The van der Waals surface area contributed by atoms with Gasteiger partial charge in [-0.15, -0.1) is 0 Å². The quantitative estimate of drug-likeness (QED) is 0.735. The van der Waals surface area contributed by atoms with Gasteiger partial charge >= 0.3 is 0 Å². The molecule has 2 aromatic rings. The number of carbonyl (C=O) groups is 1. The van der Waals surface area contributed by atoms with E-state index in [4.69, 9.17) is 4.74 Å². The Balaban J connectivity index is 1.41. The summed E-state index contributed by atoms with van der Waals surface area (Å²) in [5.74, 6) is -0.0670. The zero-order chi connectivity index (χ0) is 20.2. The van der Waals surface area contributed by atoms with E-state index in [-0.39, 0.29) is 23.8 Å². The molecular weight excluding hydrogens is 369 g/mol. The molecule has 0 saturated carbocycles. The molecule has 2 aromatic carbocycles. The monoisotopic (exact) mass is 399 g/mol. The summed E-state index contributed by atoms with van der Waals surface area (Å²) >= 11 is 0. The lowest BCUT2D eigenvalue weighted by Crippen LogP contribution is -3.16. The highest BCUT2D eigenvalue weighted by Gasteiger charge is 2.32. The number of nitrogens with one attached hydrogen (secondary N) is 1. The maximum Gasteiger partial charge on any atom is 0.282 e. The molecule has 2 aliphatic rings. The van der Waals surface area contributed by atoms with E-state index in [9.17, 15) is 9.18 Å². The number of halogens is 1. The summed E-state index contributed by atoms with van der Waals surface area (Å²) in [7, 11) is 0. The highest BCUT2D eigenvalue weighted by atomic mass is 19.1. The third kappa shape index (κ3) is 4.50. The number of quaternary nitrogens is 2. The van der Waals surface area contributed by atoms with Gasteiger partial charge in [0.05, 0.1) is 13.2 Å². The van der Waals surface area contributed by atoms with Crippen LogP contribution in [0.1, 0.15) is 24.1 Å². The van der Waals surface area contributed by atoms with E-state index in [2.05, 4.69) is 18.3 Å². The second-order valence-electron chi connectivity index (χ2n) is 8.05. The number of hydrogen-bond donors (Lipinski definition) is 2. The fourth-order valence-corrected chi connectivity index (χ4v) is 4.63. The lowest BCUT2D eigenvalue weighted by molar-refractivity contribution is -0.951. The molecule has 2 heterocycles. The van der Waals surface area contributed by atoms with Gasteiger partial charge in [-0.3, -0.25) is 4.79 Å². The van der Waals surface area contributed by atoms with Gasteiger partial charge in [0, 0.05) is 17.3 Å². The number of fused-ring (bicyclic) bond motifs is 1. The van der Waals surface area contributed by atoms with Gasteiger partial charge in [0.1, 0.15) is 25.5 Å². The summed E-state index contributed by atoms with van der Waals surface area (Å²) in [6.45, 7) is 6.66. The molecule has 2 aliphatic heterocycles. The molecule has 1 fully saturated rings. The molecule has 0 radical (unpaired) electrons. The molecular formula is C23H30FN3O2+2. The minimum absolute atomic E-state index is 0.150. The number of nitrogens with two attached hydrogens (primary N) is 1. The Labute approximate surface area is 171 Å². The maximum atomic E-state index is 13.4. The van der Waals surface area contributed by atoms with Crippen LogP contribution in [-0.4, -0.2) is 51.3 Å². The third-order valence-corrected chi connectivity index (χ3v) is 6.10. The summed E-state index contributed by atoms with van der Waals surface area (Å²) in [6.07, 6.45) is 0.915. The Morgan fingerprint density at radius 1 is 1.21 bits per heavy atom. The molecule has 1 amide bonds. The van der Waals surface area contributed by atoms with Crippen molar-refractivity contribution in [3.05, 3.63) is 65.5 Å². The van der Waals surface area contributed by atoms with Gasteiger partial charge in [0.15, 0.2) is 12.6 Å². The van der Waals surface area contributed by atoms with Crippen LogP contribution in [0.5, 0.6) is 0 Å². The van der Waals surface area contributed by atoms with E-state index in [1.807, 2.05) is 35.2 Å². The van der Waals surface area contributed by atoms with Crippen molar-refractivity contribution in [3.8, 4) is 0 Å². The summed E-state index contributed by atoms with van der Waals surface area (Å²) in [4.78, 5) is 16.4. The van der Waals surface area contributed by atoms with Crippen LogP contribution in [0.25, 0.3) is 0 Å². The second kappa shape index (κ2) is 9.03. The zero-order valence-electron chi connectivity index (χ0n) is 16.9. The van der Waals surface area contributed by atoms with Crippen molar-refractivity contribution in [2.45, 2.75) is 25.4 Å². The first-order valence-electron chi connectivity index (χ1n) is 10.5. The van der Waals surface area contributed by atoms with Gasteiger partial charge in [-0.05, 0) is 49.2 Å². The highest BCUT2D eigenvalue weighted by molar-refractivity contribution is 5.96. The molecule has 0 aliphatic carbocycles. The smallest absolute Gasteiger partial charge is 0.282 e. The zero-order valence-corrected chi connectivity index (χ0v) is 16.9. The van der Waals surface area contributed by atoms with Crippen LogP contribution in [0.4, 0.5) is 10.1 Å². The van der Waals surface area contributed by atoms with Gasteiger partial charge < -0.3 is 19.9 Å². The second-order valence-corrected chi connectivity index (χ2v) is 8.05. The van der Waals surface area contributed by atoms with Crippen molar-refractivity contribution in [2.75, 3.05) is 44.3 Å². The average molecular weight is 400 g/mol. The van der Waals surface area contributed by atoms with Crippen LogP contribution >= 0.6 is 0 Å². The van der Waals surface area contributed by atoms with Crippen molar-refractivity contribution < 1.29 is 24.1 Å². The highest BCUT2D eigenvalue weighted by Crippen LogP contribution is 2.31. The number of amides is 1. The molecule has 2 atom stereocenters. The molecule has 5 nitrogen and oxygen atoms in total. The summed E-state index contributed by atoms with van der Waals surface area (Å²) in [6, 6.07) is 15.4. The number of ether oxygens (including phenoxy) is 1. The number of anilines is 1. The van der Waals surface area contributed by atoms with Gasteiger partial charge in [0.25, 0.3) is 5.91 Å². The van der Waals surface area contributed by atoms with Crippen LogP contribution in [0.15, 0.2) is 48.5 Å². The van der Waals surface area contributed by atoms with E-state index >= 15 is 0 Å². The molecule has 1 saturated heterocycles. The molecule has 0 unspecified atom stereocenters. The minimum atomic E-state index is -0.217. The molecule has 29 heavy (non-hydrogen) atoms. The molecule has 4 rings (SSSR count). The van der Waals surface area contributed by atoms with E-state index in [1.54, 1.807) is 0 Å². The normalized spacial score (nSPS) is 20.5. The first kappa shape index (κ1) is 20.0. The fraction of sp³-hybridized carbons (Fsp3) is 0.435. The van der Waals surface area contributed by atoms with Gasteiger partial charge in [-0.1, -0.05) is 18.2 Å². The lowest BCUT2D eigenvalue weighted by Gasteiger charge is -2.31. The van der Waals surface area contributed by atoms with Crippen LogP contribution in [0, 0.1) is 5.82 Å². The standard InChI is InChI=1S/C23H28FN3O2/c1-17-14-19-4-2-3-5-21(19)27(17)23(28)16-25-15-22(26-10-12-29-13-11-26)18-6-8-20(24)9-7-18/h2-9,17,22,25H,10-16H2,1H3/p+2/t17-,22+/m1/s1. The first-order chi connectivity index (χ1) is 14.1. The Morgan fingerprint density at radius 3 is 2.69 bits per heavy atom. The van der Waals surface area contributed by atoms with Crippen molar-refractivity contribution in [3.63, 3.8) is 0 Å². The maximum absolute atomic E-state index is 13.4. The molecule has 3 N–H and O–H groups in total. The van der Waals surface area contributed by atoms with E-state index in [0.29, 0.717) is 6.54 Å². The minimum Gasteiger partial charge on any atom is -0.370 e. The molecule has 6 heteroatoms. The number of benzene rings is 2. The van der Waals surface area contributed by atoms with Crippen molar-refractivity contribution in [1.29, 1.82) is 0 Å². The van der Waals surface area contributed by atoms with E-state index < -0.39 is 0 Å². The number of rotatable bonds is 6. The lowest BCUT2D eigenvalue weighted by atomic mass is 10.0. The van der Waals surface area contributed by atoms with Crippen LogP contribution < -0.4 is 15.1 Å². The predicted molar refractivity (Wildman–Crippen MR) is 109 cm³/mol. The Morgan fingerprint density at radius 2 is 1.93 bits per heavy atom. The third-order valence-electron chi connectivity index (χ3n) is 6.10. The van der Waals surface area contributed by atoms with Gasteiger partial charge in [-0.25, -0.2) is 4.39 Å². The van der Waals surface area contributed by atoms with Crippen LogP contribution in [0.3, 0.4) is 0 Å².